The van der Waals surface area contributed by atoms with Gasteiger partial charge in [-0.1, -0.05) is 67.0 Å². The van der Waals surface area contributed by atoms with Gasteiger partial charge in [0.05, 0.1) is 6.10 Å². The molecule has 0 amide bonds. The normalized spacial score (nSPS) is 55.7. The van der Waals surface area contributed by atoms with Gasteiger partial charge in [-0.2, -0.15) is 0 Å². The van der Waals surface area contributed by atoms with Crippen LogP contribution in [0.25, 0.3) is 0 Å². The Morgan fingerprint density at radius 1 is 0.774 bits per heavy atom. The van der Waals surface area contributed by atoms with Crippen LogP contribution in [0.15, 0.2) is 11.6 Å². The highest BCUT2D eigenvalue weighted by Crippen LogP contribution is 2.77. The summed E-state index contributed by atoms with van der Waals surface area (Å²) >= 11 is 0. The van der Waals surface area contributed by atoms with E-state index in [1.165, 1.54) is 51.4 Å². The van der Waals surface area contributed by atoms with Crippen molar-refractivity contribution in [1.29, 1.82) is 0 Å². The molecule has 9 atom stereocenters. The number of aliphatic hydroxyl groups excluding tert-OH is 1. The fourth-order valence-corrected chi connectivity index (χ4v) is 11.2. The Morgan fingerprint density at radius 3 is 2.03 bits per heavy atom. The van der Waals surface area contributed by atoms with Crippen LogP contribution in [0.4, 0.5) is 0 Å². The van der Waals surface area contributed by atoms with Crippen molar-refractivity contribution in [3.05, 3.63) is 11.6 Å². The Balaban J connectivity index is 1.55. The van der Waals surface area contributed by atoms with E-state index in [4.69, 9.17) is 0 Å². The number of hydrogen-bond acceptors (Lipinski definition) is 1. The van der Waals surface area contributed by atoms with Gasteiger partial charge < -0.3 is 5.11 Å². The first-order chi connectivity index (χ1) is 14.3. The molecule has 5 aliphatic carbocycles. The third-order valence-corrected chi connectivity index (χ3v) is 13.3. The Bertz CT molecular complexity index is 777. The lowest BCUT2D eigenvalue weighted by Crippen LogP contribution is -2.64. The number of fused-ring (bicyclic) bond motifs is 7. The van der Waals surface area contributed by atoms with Gasteiger partial charge in [-0.15, -0.1) is 0 Å². The molecule has 0 aromatic heterocycles. The number of hydrogen-bond donors (Lipinski definition) is 1. The van der Waals surface area contributed by atoms with E-state index in [9.17, 15) is 5.11 Å². The zero-order valence-electron chi connectivity index (χ0n) is 21.9. The van der Waals surface area contributed by atoms with Crippen LogP contribution in [0.2, 0.25) is 0 Å². The summed E-state index contributed by atoms with van der Waals surface area (Å²) < 4.78 is 0. The van der Waals surface area contributed by atoms with Crippen LogP contribution in [0.1, 0.15) is 113 Å². The van der Waals surface area contributed by atoms with Gasteiger partial charge in [-0.25, -0.2) is 0 Å². The molecule has 0 aromatic rings. The minimum atomic E-state index is -0.165. The highest BCUT2D eigenvalue weighted by molar-refractivity contribution is 5.30. The molecule has 176 valence electrons. The van der Waals surface area contributed by atoms with Crippen molar-refractivity contribution in [3.63, 3.8) is 0 Å². The molecule has 0 aliphatic heterocycles. The van der Waals surface area contributed by atoms with Crippen LogP contribution in [0, 0.1) is 56.7 Å². The standard InChI is InChI=1S/C30H50O/c1-19(2)20-9-12-23-27(20,5)15-17-30(8)24-13-10-21-22(11-14-25(31)26(21,3)4)28(24,6)16-18-29(23,30)7/h10,19-20,22-25,31H,9,11-18H2,1-8H3/t20-,22-,23-,24-,25+,27-,28-,29-,30-/m1/s1. The van der Waals surface area contributed by atoms with E-state index in [1.54, 1.807) is 5.57 Å². The lowest BCUT2D eigenvalue weighted by molar-refractivity contribution is -0.214. The maximum Gasteiger partial charge on any atom is 0.0628 e. The van der Waals surface area contributed by atoms with Crippen LogP contribution in [0.3, 0.4) is 0 Å². The van der Waals surface area contributed by atoms with Crippen molar-refractivity contribution >= 4 is 0 Å². The van der Waals surface area contributed by atoms with E-state index >= 15 is 0 Å². The molecule has 31 heavy (non-hydrogen) atoms. The van der Waals surface area contributed by atoms with Gasteiger partial charge in [0.2, 0.25) is 0 Å². The Hall–Kier alpha value is -0.300. The van der Waals surface area contributed by atoms with Gasteiger partial charge in [-0.05, 0) is 109 Å². The predicted molar refractivity (Wildman–Crippen MR) is 131 cm³/mol. The molecular formula is C30H50O. The molecular weight excluding hydrogens is 376 g/mol. The maximum atomic E-state index is 10.8. The summed E-state index contributed by atoms with van der Waals surface area (Å²) in [7, 11) is 0. The van der Waals surface area contributed by atoms with Gasteiger partial charge in [-0.3, -0.25) is 0 Å². The molecule has 0 radical (unpaired) electrons. The maximum absolute atomic E-state index is 10.8. The first-order valence-electron chi connectivity index (χ1n) is 13.7. The molecule has 0 unspecified atom stereocenters. The number of allylic oxidation sites excluding steroid dienone is 1. The zero-order chi connectivity index (χ0) is 22.6. The molecule has 5 rings (SSSR count). The predicted octanol–water partition coefficient (Wildman–Crippen LogP) is 8.02. The number of rotatable bonds is 1. The van der Waals surface area contributed by atoms with Gasteiger partial charge in [0.1, 0.15) is 0 Å². The summed E-state index contributed by atoms with van der Waals surface area (Å²) in [5.74, 6) is 4.15. The third-order valence-electron chi connectivity index (χ3n) is 13.3. The van der Waals surface area contributed by atoms with Crippen molar-refractivity contribution in [3.8, 4) is 0 Å². The lowest BCUT2D eigenvalue weighted by atomic mass is 9.33. The van der Waals surface area contributed by atoms with Crippen LogP contribution in [0.5, 0.6) is 0 Å². The summed E-state index contributed by atoms with van der Waals surface area (Å²) in [5, 5.41) is 10.8. The Labute approximate surface area is 192 Å². The highest BCUT2D eigenvalue weighted by Gasteiger charge is 2.70. The van der Waals surface area contributed by atoms with E-state index in [0.29, 0.717) is 27.6 Å². The SMILES string of the molecule is CC(C)[C@H]1CC[C@@H]2[C@]1(C)CC[C@]1(C)[C@@H]3CC=C4[C@@H](CC[C@H](O)C4(C)C)[C@@]3(C)CC[C@]21C. The monoisotopic (exact) mass is 426 g/mol. The van der Waals surface area contributed by atoms with E-state index in [-0.39, 0.29) is 11.5 Å². The molecule has 0 saturated heterocycles. The summed E-state index contributed by atoms with van der Waals surface area (Å²) in [6, 6.07) is 0. The van der Waals surface area contributed by atoms with Crippen molar-refractivity contribution in [2.45, 2.75) is 119 Å². The molecule has 0 aromatic carbocycles. The zero-order valence-corrected chi connectivity index (χ0v) is 21.9. The molecule has 5 aliphatic rings. The quantitative estimate of drug-likeness (QED) is 0.421. The molecule has 4 fully saturated rings. The van der Waals surface area contributed by atoms with Crippen molar-refractivity contribution < 1.29 is 5.11 Å². The second kappa shape index (κ2) is 6.64. The van der Waals surface area contributed by atoms with Crippen LogP contribution in [-0.4, -0.2) is 11.2 Å². The van der Waals surface area contributed by atoms with Crippen molar-refractivity contribution in [2.24, 2.45) is 56.7 Å². The topological polar surface area (TPSA) is 20.2 Å². The lowest BCUT2D eigenvalue weighted by Gasteiger charge is -2.71. The minimum absolute atomic E-state index is 0.0420. The second-order valence-electron chi connectivity index (χ2n) is 14.6. The van der Waals surface area contributed by atoms with Crippen molar-refractivity contribution in [2.75, 3.05) is 0 Å². The minimum Gasteiger partial charge on any atom is -0.392 e. The Morgan fingerprint density at radius 2 is 1.39 bits per heavy atom. The fourth-order valence-electron chi connectivity index (χ4n) is 11.2. The smallest absolute Gasteiger partial charge is 0.0628 e. The number of aliphatic hydroxyl groups is 1. The van der Waals surface area contributed by atoms with E-state index in [2.05, 4.69) is 61.5 Å². The van der Waals surface area contributed by atoms with Crippen molar-refractivity contribution in [1.82, 2.24) is 0 Å². The molecule has 0 bridgehead atoms. The molecule has 0 heterocycles. The third kappa shape index (κ3) is 2.60. The summed E-state index contributed by atoms with van der Waals surface area (Å²) in [6.07, 6.45) is 14.6. The molecule has 1 N–H and O–H groups in total. The van der Waals surface area contributed by atoms with Gasteiger partial charge >= 0.3 is 0 Å². The average Bonchev–Trinajstić information content (AvgIpc) is 3.05. The largest absolute Gasteiger partial charge is 0.392 e. The van der Waals surface area contributed by atoms with E-state index in [0.717, 1.165) is 30.1 Å². The molecule has 1 nitrogen and oxygen atoms in total. The van der Waals surface area contributed by atoms with Gasteiger partial charge in [0.25, 0.3) is 0 Å². The first kappa shape index (κ1) is 22.5. The fraction of sp³-hybridized carbons (Fsp3) is 0.933. The summed E-state index contributed by atoms with van der Waals surface area (Å²) in [6.45, 7) is 20.4. The van der Waals surface area contributed by atoms with Crippen LogP contribution >= 0.6 is 0 Å². The van der Waals surface area contributed by atoms with Crippen LogP contribution < -0.4 is 0 Å². The average molecular weight is 427 g/mol. The second-order valence-corrected chi connectivity index (χ2v) is 14.6. The summed E-state index contributed by atoms with van der Waals surface area (Å²) in [4.78, 5) is 0. The van der Waals surface area contributed by atoms with Gasteiger partial charge in [0, 0.05) is 5.41 Å². The molecule has 0 spiro atoms. The molecule has 1 heteroatoms. The van der Waals surface area contributed by atoms with E-state index < -0.39 is 0 Å². The highest BCUT2D eigenvalue weighted by atomic mass is 16.3. The summed E-state index contributed by atoms with van der Waals surface area (Å²) in [5.41, 5.74) is 3.49. The van der Waals surface area contributed by atoms with Gasteiger partial charge in [0.15, 0.2) is 0 Å². The Kier molecular flexibility index (Phi) is 4.82. The van der Waals surface area contributed by atoms with Crippen LogP contribution in [-0.2, 0) is 0 Å². The molecule has 4 saturated carbocycles. The first-order valence-corrected chi connectivity index (χ1v) is 13.7. The van der Waals surface area contributed by atoms with E-state index in [1.807, 2.05) is 0 Å².